The minimum Gasteiger partial charge on any atom is -0.351 e. The maximum absolute atomic E-state index is 12.0. The number of carbonyl (C=O) groups excluding carboxylic acids is 1. The quantitative estimate of drug-likeness (QED) is 0.836. The molecule has 1 aromatic carbocycles. The van der Waals surface area contributed by atoms with Crippen LogP contribution in [0, 0.1) is 12.3 Å². The van der Waals surface area contributed by atoms with E-state index in [0.717, 1.165) is 18.4 Å². The van der Waals surface area contributed by atoms with Crippen LogP contribution in [0.3, 0.4) is 0 Å². The lowest BCUT2D eigenvalue weighted by Gasteiger charge is -2.13. The van der Waals surface area contributed by atoms with Crippen LogP contribution in [0.1, 0.15) is 28.8 Å². The van der Waals surface area contributed by atoms with Gasteiger partial charge >= 0.3 is 0 Å². The molecule has 0 aliphatic heterocycles. The van der Waals surface area contributed by atoms with Crippen LogP contribution in [0.2, 0.25) is 5.02 Å². The first kappa shape index (κ1) is 12.7. The smallest absolute Gasteiger partial charge is 0.252 e. The van der Waals surface area contributed by atoms with E-state index in [0.29, 0.717) is 23.0 Å². The molecular formula is C13H15Cl2NO. The van der Waals surface area contributed by atoms with Gasteiger partial charge in [-0.2, -0.15) is 0 Å². The number of hydrogen-bond donors (Lipinski definition) is 1. The molecule has 0 spiro atoms. The van der Waals surface area contributed by atoms with Gasteiger partial charge in [-0.05, 0) is 31.4 Å². The monoisotopic (exact) mass is 271 g/mol. The van der Waals surface area contributed by atoms with Crippen LogP contribution in [-0.2, 0) is 0 Å². The number of amides is 1. The fourth-order valence-electron chi connectivity index (χ4n) is 1.72. The molecule has 0 radical (unpaired) electrons. The third kappa shape index (κ3) is 2.75. The van der Waals surface area contributed by atoms with Gasteiger partial charge in [-0.3, -0.25) is 4.79 Å². The van der Waals surface area contributed by atoms with Gasteiger partial charge in [-0.15, -0.1) is 11.6 Å². The molecule has 4 heteroatoms. The Labute approximate surface area is 111 Å². The summed E-state index contributed by atoms with van der Waals surface area (Å²) in [5.41, 5.74) is 1.59. The van der Waals surface area contributed by atoms with E-state index in [9.17, 15) is 4.79 Å². The zero-order valence-corrected chi connectivity index (χ0v) is 11.2. The number of nitrogens with one attached hydrogen (secondary N) is 1. The lowest BCUT2D eigenvalue weighted by atomic mass is 10.1. The first-order valence-corrected chi connectivity index (χ1v) is 6.58. The Morgan fingerprint density at radius 3 is 2.76 bits per heavy atom. The van der Waals surface area contributed by atoms with E-state index >= 15 is 0 Å². The third-order valence-electron chi connectivity index (χ3n) is 3.30. The molecule has 1 fully saturated rings. The highest BCUT2D eigenvalue weighted by Crippen LogP contribution is 2.45. The van der Waals surface area contributed by atoms with Crippen molar-refractivity contribution in [3.63, 3.8) is 0 Å². The van der Waals surface area contributed by atoms with Crippen molar-refractivity contribution < 1.29 is 4.79 Å². The van der Waals surface area contributed by atoms with Gasteiger partial charge in [-0.1, -0.05) is 23.7 Å². The number of aryl methyl sites for hydroxylation is 1. The van der Waals surface area contributed by atoms with E-state index in [-0.39, 0.29) is 11.3 Å². The van der Waals surface area contributed by atoms with Crippen molar-refractivity contribution in [2.75, 3.05) is 12.4 Å². The third-order valence-corrected chi connectivity index (χ3v) is 4.37. The second-order valence-corrected chi connectivity index (χ2v) is 5.40. The molecule has 1 aromatic rings. The van der Waals surface area contributed by atoms with Crippen molar-refractivity contribution in [2.24, 2.45) is 5.41 Å². The topological polar surface area (TPSA) is 29.1 Å². The van der Waals surface area contributed by atoms with Crippen LogP contribution in [0.15, 0.2) is 18.2 Å². The standard InChI is InChI=1S/C13H15Cl2NO/c1-9-3-2-4-10(11(9)15)12(17)16-8-13(7-14)5-6-13/h2-4H,5-8H2,1H3,(H,16,17). The first-order chi connectivity index (χ1) is 8.08. The summed E-state index contributed by atoms with van der Waals surface area (Å²) in [4.78, 5) is 12.0. The average Bonchev–Trinajstić information content (AvgIpc) is 3.10. The summed E-state index contributed by atoms with van der Waals surface area (Å²) in [6, 6.07) is 5.47. The van der Waals surface area contributed by atoms with Crippen LogP contribution < -0.4 is 5.32 Å². The van der Waals surface area contributed by atoms with E-state index in [1.165, 1.54) is 0 Å². The van der Waals surface area contributed by atoms with E-state index in [1.54, 1.807) is 6.07 Å². The van der Waals surface area contributed by atoms with Crippen LogP contribution in [0.25, 0.3) is 0 Å². The molecule has 1 N–H and O–H groups in total. The van der Waals surface area contributed by atoms with Crippen LogP contribution in [0.5, 0.6) is 0 Å². The predicted octanol–water partition coefficient (Wildman–Crippen LogP) is 3.40. The van der Waals surface area contributed by atoms with Gasteiger partial charge in [0.15, 0.2) is 0 Å². The fraction of sp³-hybridized carbons (Fsp3) is 0.462. The van der Waals surface area contributed by atoms with Crippen molar-refractivity contribution in [3.05, 3.63) is 34.3 Å². The molecule has 1 amide bonds. The van der Waals surface area contributed by atoms with Crippen LogP contribution in [-0.4, -0.2) is 18.3 Å². The van der Waals surface area contributed by atoms with E-state index in [1.807, 2.05) is 19.1 Å². The molecule has 0 heterocycles. The molecule has 0 aromatic heterocycles. The van der Waals surface area contributed by atoms with Crippen molar-refractivity contribution in [3.8, 4) is 0 Å². The molecule has 2 nitrogen and oxygen atoms in total. The van der Waals surface area contributed by atoms with Crippen LogP contribution in [0.4, 0.5) is 0 Å². The molecule has 0 unspecified atom stereocenters. The number of benzene rings is 1. The largest absolute Gasteiger partial charge is 0.351 e. The van der Waals surface area contributed by atoms with Crippen molar-refractivity contribution in [1.29, 1.82) is 0 Å². The summed E-state index contributed by atoms with van der Waals surface area (Å²) in [6.07, 6.45) is 2.19. The number of rotatable bonds is 4. The van der Waals surface area contributed by atoms with Crippen molar-refractivity contribution >= 4 is 29.1 Å². The number of halogens is 2. The Hall–Kier alpha value is -0.730. The van der Waals surface area contributed by atoms with Gasteiger partial charge < -0.3 is 5.32 Å². The van der Waals surface area contributed by atoms with Gasteiger partial charge in [-0.25, -0.2) is 0 Å². The average molecular weight is 272 g/mol. The molecule has 0 saturated heterocycles. The minimum atomic E-state index is -0.116. The first-order valence-electron chi connectivity index (χ1n) is 5.67. The predicted molar refractivity (Wildman–Crippen MR) is 70.9 cm³/mol. The Bertz CT molecular complexity index is 441. The molecule has 1 aliphatic rings. The molecule has 1 aliphatic carbocycles. The maximum Gasteiger partial charge on any atom is 0.252 e. The summed E-state index contributed by atoms with van der Waals surface area (Å²) < 4.78 is 0. The normalized spacial score (nSPS) is 16.6. The highest BCUT2D eigenvalue weighted by molar-refractivity contribution is 6.34. The van der Waals surface area contributed by atoms with Gasteiger partial charge in [0.1, 0.15) is 0 Å². The highest BCUT2D eigenvalue weighted by atomic mass is 35.5. The maximum atomic E-state index is 12.0. The summed E-state index contributed by atoms with van der Waals surface area (Å²) in [7, 11) is 0. The van der Waals surface area contributed by atoms with Crippen molar-refractivity contribution in [1.82, 2.24) is 5.32 Å². The van der Waals surface area contributed by atoms with E-state index in [4.69, 9.17) is 23.2 Å². The second kappa shape index (κ2) is 4.87. The Morgan fingerprint density at radius 1 is 1.47 bits per heavy atom. The summed E-state index contributed by atoms with van der Waals surface area (Å²) in [5.74, 6) is 0.490. The lowest BCUT2D eigenvalue weighted by Crippen LogP contribution is -2.31. The number of alkyl halides is 1. The zero-order valence-electron chi connectivity index (χ0n) is 9.72. The molecule has 17 heavy (non-hydrogen) atoms. The van der Waals surface area contributed by atoms with Crippen molar-refractivity contribution in [2.45, 2.75) is 19.8 Å². The highest BCUT2D eigenvalue weighted by Gasteiger charge is 2.41. The zero-order chi connectivity index (χ0) is 12.5. The van der Waals surface area contributed by atoms with Crippen LogP contribution >= 0.6 is 23.2 Å². The van der Waals surface area contributed by atoms with E-state index in [2.05, 4.69) is 5.32 Å². The SMILES string of the molecule is Cc1cccc(C(=O)NCC2(CCl)CC2)c1Cl. The van der Waals surface area contributed by atoms with Gasteiger partial charge in [0.2, 0.25) is 0 Å². The Morgan fingerprint density at radius 2 is 2.18 bits per heavy atom. The lowest BCUT2D eigenvalue weighted by molar-refractivity contribution is 0.0946. The molecule has 0 atom stereocenters. The Kier molecular flexibility index (Phi) is 3.64. The summed E-state index contributed by atoms with van der Waals surface area (Å²) >= 11 is 12.0. The number of hydrogen-bond acceptors (Lipinski definition) is 1. The molecule has 2 rings (SSSR count). The second-order valence-electron chi connectivity index (χ2n) is 4.75. The summed E-state index contributed by atoms with van der Waals surface area (Å²) in [5, 5.41) is 3.44. The molecular weight excluding hydrogens is 257 g/mol. The van der Waals surface area contributed by atoms with Gasteiger partial charge in [0.05, 0.1) is 10.6 Å². The molecule has 1 saturated carbocycles. The van der Waals surface area contributed by atoms with Gasteiger partial charge in [0.25, 0.3) is 5.91 Å². The number of carbonyl (C=O) groups is 1. The Balaban J connectivity index is 2.02. The summed E-state index contributed by atoms with van der Waals surface area (Å²) in [6.45, 7) is 2.53. The van der Waals surface area contributed by atoms with Gasteiger partial charge in [0, 0.05) is 17.8 Å². The van der Waals surface area contributed by atoms with E-state index < -0.39 is 0 Å². The molecule has 92 valence electrons. The minimum absolute atomic E-state index is 0.116. The molecule has 0 bridgehead atoms. The fourth-order valence-corrected chi connectivity index (χ4v) is 2.29.